The van der Waals surface area contributed by atoms with Crippen molar-refractivity contribution in [3.05, 3.63) is 54.0 Å². The highest BCUT2D eigenvalue weighted by atomic mass is 35.5. The Kier molecular flexibility index (Phi) is 4.37. The van der Waals surface area contributed by atoms with Crippen LogP contribution in [-0.2, 0) is 6.42 Å². The molecule has 0 spiro atoms. The fourth-order valence-electron chi connectivity index (χ4n) is 2.35. The van der Waals surface area contributed by atoms with E-state index in [2.05, 4.69) is 9.97 Å². The second-order valence-electron chi connectivity index (χ2n) is 4.42. The van der Waals surface area contributed by atoms with Gasteiger partial charge in [-0.25, -0.2) is 4.39 Å². The second-order valence-corrected chi connectivity index (χ2v) is 4.42. The summed E-state index contributed by atoms with van der Waals surface area (Å²) < 4.78 is 13.4. The summed E-state index contributed by atoms with van der Waals surface area (Å²) in [4.78, 5) is 7.65. The molecule has 0 aliphatic rings. The molecule has 0 bridgehead atoms. The molecule has 1 aromatic carbocycles. The Balaban J connectivity index is 0.00000147. The number of H-pyrrole nitrogens is 1. The fourth-order valence-corrected chi connectivity index (χ4v) is 2.35. The molecule has 2 aromatic heterocycles. The van der Waals surface area contributed by atoms with Crippen LogP contribution in [0.4, 0.5) is 4.39 Å². The summed E-state index contributed by atoms with van der Waals surface area (Å²) in [6, 6.07) is 10.5. The van der Waals surface area contributed by atoms with E-state index in [0.717, 1.165) is 27.9 Å². The highest BCUT2D eigenvalue weighted by Gasteiger charge is 2.13. The van der Waals surface area contributed by atoms with Crippen LogP contribution in [0.25, 0.3) is 22.3 Å². The quantitative estimate of drug-likeness (QED) is 0.778. The molecule has 104 valence electrons. The lowest BCUT2D eigenvalue weighted by Crippen LogP contribution is -2.03. The molecule has 3 N–H and O–H groups in total. The van der Waals surface area contributed by atoms with Crippen molar-refractivity contribution in [2.75, 3.05) is 6.54 Å². The first kappa shape index (κ1) is 14.5. The maximum atomic E-state index is 13.4. The Hall–Kier alpha value is -1.91. The zero-order valence-corrected chi connectivity index (χ0v) is 11.6. The number of benzene rings is 1. The van der Waals surface area contributed by atoms with Gasteiger partial charge in [0.1, 0.15) is 5.82 Å². The van der Waals surface area contributed by atoms with Gasteiger partial charge in [-0.15, -0.1) is 12.4 Å². The molecule has 0 fully saturated rings. The number of fused-ring (bicyclic) bond motifs is 1. The average Bonchev–Trinajstić information content (AvgIpc) is 2.79. The van der Waals surface area contributed by atoms with E-state index in [1.54, 1.807) is 18.3 Å². The summed E-state index contributed by atoms with van der Waals surface area (Å²) in [5.74, 6) is -0.239. The minimum Gasteiger partial charge on any atom is -0.353 e. The molecule has 3 aromatic rings. The van der Waals surface area contributed by atoms with E-state index < -0.39 is 0 Å². The highest BCUT2D eigenvalue weighted by Crippen LogP contribution is 2.29. The first-order chi connectivity index (χ1) is 9.29. The standard InChI is InChI=1S/C15H14FN3.ClH/c16-10-4-5-13-12(9-10)11(6-7-17)15(19-13)14-3-1-2-8-18-14;/h1-5,8-9,19H,6-7,17H2;1H. The van der Waals surface area contributed by atoms with E-state index in [1.165, 1.54) is 6.07 Å². The smallest absolute Gasteiger partial charge is 0.123 e. The van der Waals surface area contributed by atoms with Crippen LogP contribution in [0.5, 0.6) is 0 Å². The van der Waals surface area contributed by atoms with Crippen molar-refractivity contribution in [3.8, 4) is 11.4 Å². The zero-order chi connectivity index (χ0) is 13.2. The number of aromatic nitrogens is 2. The van der Waals surface area contributed by atoms with Crippen molar-refractivity contribution in [1.29, 1.82) is 0 Å². The maximum Gasteiger partial charge on any atom is 0.123 e. The van der Waals surface area contributed by atoms with Crippen LogP contribution in [0.1, 0.15) is 5.56 Å². The van der Waals surface area contributed by atoms with Crippen LogP contribution in [0.3, 0.4) is 0 Å². The molecular weight excluding hydrogens is 277 g/mol. The Labute approximate surface area is 122 Å². The Morgan fingerprint density at radius 2 is 2.05 bits per heavy atom. The highest BCUT2D eigenvalue weighted by molar-refractivity contribution is 5.90. The van der Waals surface area contributed by atoms with Crippen LogP contribution in [-0.4, -0.2) is 16.5 Å². The number of nitrogens with one attached hydrogen (secondary N) is 1. The van der Waals surface area contributed by atoms with Crippen LogP contribution >= 0.6 is 12.4 Å². The largest absolute Gasteiger partial charge is 0.353 e. The summed E-state index contributed by atoms with van der Waals surface area (Å²) in [6.45, 7) is 0.517. The molecule has 2 heterocycles. The molecule has 0 amide bonds. The topological polar surface area (TPSA) is 54.7 Å². The van der Waals surface area contributed by atoms with Crippen molar-refractivity contribution in [3.63, 3.8) is 0 Å². The van der Waals surface area contributed by atoms with Crippen molar-refractivity contribution in [2.45, 2.75) is 6.42 Å². The molecule has 3 nitrogen and oxygen atoms in total. The first-order valence-corrected chi connectivity index (χ1v) is 6.21. The van der Waals surface area contributed by atoms with Crippen molar-refractivity contribution in [1.82, 2.24) is 9.97 Å². The molecule has 0 unspecified atom stereocenters. The number of nitrogens with two attached hydrogens (primary N) is 1. The zero-order valence-electron chi connectivity index (χ0n) is 10.8. The van der Waals surface area contributed by atoms with Crippen LogP contribution in [0, 0.1) is 5.82 Å². The Morgan fingerprint density at radius 3 is 2.75 bits per heavy atom. The van der Waals surface area contributed by atoms with Gasteiger partial charge >= 0.3 is 0 Å². The van der Waals surface area contributed by atoms with Gasteiger partial charge in [0.25, 0.3) is 0 Å². The monoisotopic (exact) mass is 291 g/mol. The Morgan fingerprint density at radius 1 is 1.20 bits per heavy atom. The summed E-state index contributed by atoms with van der Waals surface area (Å²) in [5, 5.41) is 0.881. The van der Waals surface area contributed by atoms with Gasteiger partial charge in [0, 0.05) is 17.1 Å². The normalized spacial score (nSPS) is 10.5. The number of rotatable bonds is 3. The lowest BCUT2D eigenvalue weighted by Gasteiger charge is -2.02. The van der Waals surface area contributed by atoms with Crippen LogP contribution in [0.15, 0.2) is 42.6 Å². The van der Waals surface area contributed by atoms with Gasteiger partial charge in [-0.3, -0.25) is 4.98 Å². The summed E-state index contributed by atoms with van der Waals surface area (Å²) in [6.07, 6.45) is 2.43. The number of nitrogens with zero attached hydrogens (tertiary/aromatic N) is 1. The molecule has 0 aliphatic carbocycles. The van der Waals surface area contributed by atoms with E-state index in [1.807, 2.05) is 18.2 Å². The third kappa shape index (κ3) is 2.53. The maximum absolute atomic E-state index is 13.4. The van der Waals surface area contributed by atoms with Gasteiger partial charge < -0.3 is 10.7 Å². The third-order valence-electron chi connectivity index (χ3n) is 3.18. The van der Waals surface area contributed by atoms with E-state index >= 15 is 0 Å². The van der Waals surface area contributed by atoms with E-state index in [9.17, 15) is 4.39 Å². The predicted molar refractivity (Wildman–Crippen MR) is 81.5 cm³/mol. The number of pyridine rings is 1. The molecular formula is C15H15ClFN3. The summed E-state index contributed by atoms with van der Waals surface area (Å²) in [7, 11) is 0. The lowest BCUT2D eigenvalue weighted by molar-refractivity contribution is 0.629. The van der Waals surface area contributed by atoms with Gasteiger partial charge in [-0.05, 0) is 48.9 Å². The minimum absolute atomic E-state index is 0. The van der Waals surface area contributed by atoms with Gasteiger partial charge in [-0.1, -0.05) is 6.07 Å². The van der Waals surface area contributed by atoms with Crippen LogP contribution in [0.2, 0.25) is 0 Å². The Bertz CT molecular complexity index is 710. The van der Waals surface area contributed by atoms with Gasteiger partial charge in [0.2, 0.25) is 0 Å². The predicted octanol–water partition coefficient (Wildman–Crippen LogP) is 3.29. The van der Waals surface area contributed by atoms with Crippen molar-refractivity contribution in [2.24, 2.45) is 5.73 Å². The van der Waals surface area contributed by atoms with Gasteiger partial charge in [0.15, 0.2) is 0 Å². The van der Waals surface area contributed by atoms with Gasteiger partial charge in [-0.2, -0.15) is 0 Å². The lowest BCUT2D eigenvalue weighted by atomic mass is 10.1. The number of hydrogen-bond donors (Lipinski definition) is 2. The van der Waals surface area contributed by atoms with E-state index in [4.69, 9.17) is 5.73 Å². The SMILES string of the molecule is Cl.NCCc1c(-c2ccccn2)[nH]c2ccc(F)cc12. The van der Waals surface area contributed by atoms with Crippen molar-refractivity contribution < 1.29 is 4.39 Å². The fraction of sp³-hybridized carbons (Fsp3) is 0.133. The van der Waals surface area contributed by atoms with Crippen LogP contribution < -0.4 is 5.73 Å². The molecule has 0 radical (unpaired) electrons. The minimum atomic E-state index is -0.239. The average molecular weight is 292 g/mol. The molecule has 0 saturated carbocycles. The van der Waals surface area contributed by atoms with Crippen molar-refractivity contribution >= 4 is 23.3 Å². The molecule has 0 aliphatic heterocycles. The molecule has 0 atom stereocenters. The number of halogens is 2. The van der Waals surface area contributed by atoms with E-state index in [-0.39, 0.29) is 18.2 Å². The molecule has 3 rings (SSSR count). The summed E-state index contributed by atoms with van der Waals surface area (Å²) in [5.41, 5.74) is 9.37. The number of aromatic amines is 1. The molecule has 0 saturated heterocycles. The third-order valence-corrected chi connectivity index (χ3v) is 3.18. The molecule has 20 heavy (non-hydrogen) atoms. The van der Waals surface area contributed by atoms with E-state index in [0.29, 0.717) is 13.0 Å². The molecule has 5 heteroatoms. The summed E-state index contributed by atoms with van der Waals surface area (Å²) >= 11 is 0. The first-order valence-electron chi connectivity index (χ1n) is 6.21. The number of hydrogen-bond acceptors (Lipinski definition) is 2. The van der Waals surface area contributed by atoms with Gasteiger partial charge in [0.05, 0.1) is 11.4 Å². The second kappa shape index (κ2) is 6.03.